The summed E-state index contributed by atoms with van der Waals surface area (Å²) < 4.78 is 6.54. The van der Waals surface area contributed by atoms with Gasteiger partial charge < -0.3 is 29.9 Å². The van der Waals surface area contributed by atoms with Crippen molar-refractivity contribution in [1.82, 2.24) is 4.90 Å². The molecule has 1 saturated carbocycles. The first kappa shape index (κ1) is 30.0. The van der Waals surface area contributed by atoms with Gasteiger partial charge in [0.15, 0.2) is 5.60 Å². The van der Waals surface area contributed by atoms with Crippen LogP contribution in [-0.2, 0) is 27.0 Å². The molecule has 8 nitrogen and oxygen atoms in total. The summed E-state index contributed by atoms with van der Waals surface area (Å²) in [5.74, 6) is -1.01. The summed E-state index contributed by atoms with van der Waals surface area (Å²) in [6.07, 6.45) is 7.84. The third-order valence-electron chi connectivity index (χ3n) is 10.5. The molecule has 2 aromatic carbocycles. The molecule has 9 heteroatoms. The predicted octanol–water partition coefficient (Wildman–Crippen LogP) is 4.67. The second-order valence-corrected chi connectivity index (χ2v) is 13.6. The molecule has 230 valence electrons. The number of aryl methyl sites for hydroxylation is 1. The average Bonchev–Trinajstić information content (AvgIpc) is 3.11. The van der Waals surface area contributed by atoms with Crippen molar-refractivity contribution in [1.29, 1.82) is 0 Å². The van der Waals surface area contributed by atoms with Gasteiger partial charge >= 0.3 is 5.97 Å². The van der Waals surface area contributed by atoms with Gasteiger partial charge in [-0.05, 0) is 98.2 Å². The highest BCUT2D eigenvalue weighted by atomic mass is 35.5. The maximum absolute atomic E-state index is 13.3. The molecule has 2 bridgehead atoms. The molecule has 4 aliphatic rings. The fourth-order valence-electron chi connectivity index (χ4n) is 7.53. The Labute approximate surface area is 257 Å². The molecule has 2 aromatic rings. The van der Waals surface area contributed by atoms with E-state index in [1.54, 1.807) is 25.2 Å². The van der Waals surface area contributed by atoms with Crippen LogP contribution in [0.25, 0.3) is 0 Å². The number of anilines is 1. The smallest absolute Gasteiger partial charge is 0.340 e. The number of halogens is 1. The normalized spacial score (nSPS) is 33.5. The van der Waals surface area contributed by atoms with Gasteiger partial charge in [0.1, 0.15) is 5.75 Å². The highest BCUT2D eigenvalue weighted by Gasteiger charge is 2.46. The number of aliphatic hydroxyl groups excluding tert-OH is 1. The summed E-state index contributed by atoms with van der Waals surface area (Å²) in [7, 11) is 1.62. The molecule has 43 heavy (non-hydrogen) atoms. The first-order valence-electron chi connectivity index (χ1n) is 15.4. The monoisotopic (exact) mass is 608 g/mol. The van der Waals surface area contributed by atoms with Crippen molar-refractivity contribution in [2.75, 3.05) is 31.6 Å². The molecule has 3 N–H and O–H groups in total. The maximum atomic E-state index is 13.3. The lowest BCUT2D eigenvalue weighted by molar-refractivity contribution is -0.165. The van der Waals surface area contributed by atoms with Crippen LogP contribution in [0.1, 0.15) is 62.1 Å². The second kappa shape index (κ2) is 11.5. The second-order valence-electron chi connectivity index (χ2n) is 13.1. The number of carboxylic acid groups (broad SMARTS) is 1. The van der Waals surface area contributed by atoms with E-state index in [9.17, 15) is 24.9 Å². The third-order valence-corrected chi connectivity index (χ3v) is 10.7. The van der Waals surface area contributed by atoms with Crippen molar-refractivity contribution in [2.24, 2.45) is 11.8 Å². The first-order chi connectivity index (χ1) is 20.5. The first-order valence-corrected chi connectivity index (χ1v) is 15.8. The SMILES string of the molecule is C[C@H]1C/C=C/[C@H](O)[C@@H]2CC[C@H]2CN2C[C@@]3(CCCc4cc(Cl)ccc43)COc3ccc(cc32)[C@@](O)(C(=O)O)CC(=O)N1C. The summed E-state index contributed by atoms with van der Waals surface area (Å²) in [6.45, 7) is 3.62. The molecular formula is C34H41ClN2O6. The van der Waals surface area contributed by atoms with Gasteiger partial charge in [-0.3, -0.25) is 4.79 Å². The van der Waals surface area contributed by atoms with E-state index in [1.165, 1.54) is 16.0 Å². The molecule has 1 fully saturated rings. The Morgan fingerprint density at radius 3 is 2.72 bits per heavy atom. The molecular weight excluding hydrogens is 568 g/mol. The zero-order valence-electron chi connectivity index (χ0n) is 24.8. The minimum atomic E-state index is -2.41. The lowest BCUT2D eigenvalue weighted by Crippen LogP contribution is -2.49. The van der Waals surface area contributed by atoms with Crippen LogP contribution in [0.4, 0.5) is 5.69 Å². The zero-order chi connectivity index (χ0) is 30.5. The fraction of sp³-hybridized carbons (Fsp3) is 0.529. The van der Waals surface area contributed by atoms with E-state index in [-0.39, 0.29) is 28.9 Å². The topological polar surface area (TPSA) is 111 Å². The van der Waals surface area contributed by atoms with Crippen LogP contribution in [0.2, 0.25) is 5.02 Å². The van der Waals surface area contributed by atoms with Crippen LogP contribution >= 0.6 is 11.6 Å². The molecule has 1 amide bonds. The average molecular weight is 609 g/mol. The summed E-state index contributed by atoms with van der Waals surface area (Å²) >= 11 is 6.39. The summed E-state index contributed by atoms with van der Waals surface area (Å²) in [4.78, 5) is 29.6. The van der Waals surface area contributed by atoms with Crippen LogP contribution < -0.4 is 9.64 Å². The van der Waals surface area contributed by atoms with E-state index >= 15 is 0 Å². The molecule has 0 saturated heterocycles. The molecule has 0 radical (unpaired) electrons. The van der Waals surface area contributed by atoms with E-state index < -0.39 is 30.0 Å². The van der Waals surface area contributed by atoms with Gasteiger partial charge in [0.05, 0.1) is 24.8 Å². The van der Waals surface area contributed by atoms with E-state index in [1.807, 2.05) is 25.1 Å². The number of carboxylic acids is 1. The Morgan fingerprint density at radius 2 is 1.98 bits per heavy atom. The molecule has 1 spiro atoms. The number of hydrogen-bond acceptors (Lipinski definition) is 6. The van der Waals surface area contributed by atoms with E-state index in [2.05, 4.69) is 17.0 Å². The van der Waals surface area contributed by atoms with E-state index in [4.69, 9.17) is 16.3 Å². The van der Waals surface area contributed by atoms with Crippen molar-refractivity contribution >= 4 is 29.2 Å². The van der Waals surface area contributed by atoms with E-state index in [0.29, 0.717) is 42.6 Å². The van der Waals surface area contributed by atoms with Gasteiger partial charge in [0.2, 0.25) is 5.91 Å². The van der Waals surface area contributed by atoms with Crippen LogP contribution in [0, 0.1) is 11.8 Å². The lowest BCUT2D eigenvalue weighted by Gasteiger charge is -2.45. The number of rotatable bonds is 1. The van der Waals surface area contributed by atoms with Gasteiger partial charge in [0.25, 0.3) is 0 Å². The number of ether oxygens (including phenoxy) is 1. The number of hydrogen-bond donors (Lipinski definition) is 3. The summed E-state index contributed by atoms with van der Waals surface area (Å²) in [5.41, 5.74) is 0.571. The maximum Gasteiger partial charge on any atom is 0.340 e. The predicted molar refractivity (Wildman–Crippen MR) is 165 cm³/mol. The number of fused-ring (bicyclic) bond motifs is 4. The summed E-state index contributed by atoms with van der Waals surface area (Å²) in [5, 5.41) is 33.7. The van der Waals surface area contributed by atoms with Crippen LogP contribution in [0.15, 0.2) is 48.6 Å². The highest BCUT2D eigenvalue weighted by molar-refractivity contribution is 6.30. The Bertz CT molecular complexity index is 1450. The molecule has 0 aromatic heterocycles. The number of aliphatic carboxylic acids is 1. The number of nitrogens with zero attached hydrogens (tertiary/aromatic N) is 2. The van der Waals surface area contributed by atoms with Gasteiger partial charge in [-0.25, -0.2) is 4.79 Å². The van der Waals surface area contributed by atoms with Crippen molar-refractivity contribution in [3.8, 4) is 5.75 Å². The van der Waals surface area contributed by atoms with Crippen molar-refractivity contribution in [3.05, 3.63) is 70.3 Å². The van der Waals surface area contributed by atoms with Gasteiger partial charge in [-0.15, -0.1) is 0 Å². The standard InChI is InChI=1S/C34H41ClN2O6/c1-21-5-3-7-29(38)26-11-8-23(26)18-37-19-33(14-4-6-22-15-25(35)10-12-27(22)33)20-43-30-13-9-24(16-28(30)37)34(42,32(40)41)17-31(39)36(21)2/h3,7,9-10,12-13,15-16,21,23,26,29,38,42H,4-6,8,11,14,17-20H2,1-2H3,(H,40,41)/b7-3+/t21-,23-,26+,29-,33-,34+/m0/s1. The van der Waals surface area contributed by atoms with Gasteiger partial charge in [-0.2, -0.15) is 0 Å². The van der Waals surface area contributed by atoms with Gasteiger partial charge in [-0.1, -0.05) is 35.9 Å². The molecule has 6 rings (SSSR count). The minimum absolute atomic E-state index is 0.0963. The third kappa shape index (κ3) is 5.42. The molecule has 0 unspecified atom stereocenters. The highest BCUT2D eigenvalue weighted by Crippen LogP contribution is 2.47. The van der Waals surface area contributed by atoms with Crippen LogP contribution in [0.3, 0.4) is 0 Å². The number of carbonyl (C=O) groups is 2. The summed E-state index contributed by atoms with van der Waals surface area (Å²) in [6, 6.07) is 10.9. The van der Waals surface area contributed by atoms with Crippen molar-refractivity contribution in [3.63, 3.8) is 0 Å². The quantitative estimate of drug-likeness (QED) is 0.404. The van der Waals surface area contributed by atoms with Crippen molar-refractivity contribution < 1.29 is 29.6 Å². The zero-order valence-corrected chi connectivity index (χ0v) is 25.6. The van der Waals surface area contributed by atoms with Gasteiger partial charge in [0, 0.05) is 36.6 Å². The Kier molecular flexibility index (Phi) is 7.98. The number of carbonyl (C=O) groups excluding carboxylic acids is 1. The van der Waals surface area contributed by atoms with E-state index in [0.717, 1.165) is 32.1 Å². The number of amides is 1. The molecule has 6 atom stereocenters. The molecule has 2 aliphatic heterocycles. The van der Waals surface area contributed by atoms with Crippen molar-refractivity contribution in [2.45, 2.75) is 75.0 Å². The Balaban J connectivity index is 1.46. The number of benzene rings is 2. The largest absolute Gasteiger partial charge is 0.490 e. The molecule has 2 heterocycles. The lowest BCUT2D eigenvalue weighted by atomic mass is 9.68. The Morgan fingerprint density at radius 1 is 1.16 bits per heavy atom. The minimum Gasteiger partial charge on any atom is -0.490 e. The van der Waals surface area contributed by atoms with Crippen LogP contribution in [0.5, 0.6) is 5.75 Å². The molecule has 2 aliphatic carbocycles. The fourth-order valence-corrected chi connectivity index (χ4v) is 7.73. The Hall–Kier alpha value is -3.07. The van der Waals surface area contributed by atoms with Crippen LogP contribution in [-0.4, -0.2) is 71.0 Å². The number of aliphatic hydroxyl groups is 2.